The predicted octanol–water partition coefficient (Wildman–Crippen LogP) is 4.61. The fraction of sp³-hybridized carbons (Fsp3) is 0.833. The summed E-state index contributed by atoms with van der Waals surface area (Å²) in [7, 11) is 0. The van der Waals surface area contributed by atoms with E-state index in [1.54, 1.807) is 13.8 Å². The summed E-state index contributed by atoms with van der Waals surface area (Å²) in [6.07, 6.45) is 6.84. The number of nitrogens with two attached hydrogens (primary N) is 1. The van der Waals surface area contributed by atoms with Gasteiger partial charge in [-0.15, -0.1) is 0 Å². The van der Waals surface area contributed by atoms with Gasteiger partial charge in [-0.05, 0) is 44.4 Å². The number of carboxylic acids is 1. The maximum Gasteiger partial charge on any atom is 0.309 e. The van der Waals surface area contributed by atoms with Crippen LogP contribution in [0.5, 0.6) is 0 Å². The fourth-order valence-electron chi connectivity index (χ4n) is 2.36. The zero-order chi connectivity index (χ0) is 17.1. The third-order valence-corrected chi connectivity index (χ3v) is 5.01. The highest BCUT2D eigenvalue weighted by Gasteiger charge is 2.42. The molecule has 0 aliphatic rings. The molecule has 0 aliphatic heterocycles. The average Bonchev–Trinajstić information content (AvgIpc) is 2.26. The van der Waals surface area contributed by atoms with Crippen LogP contribution in [0.2, 0.25) is 0 Å². The first-order valence-corrected chi connectivity index (χ1v) is 7.87. The van der Waals surface area contributed by atoms with Crippen molar-refractivity contribution in [1.29, 1.82) is 0 Å². The minimum absolute atomic E-state index is 0.275. The van der Waals surface area contributed by atoms with Gasteiger partial charge in [0.15, 0.2) is 0 Å². The minimum Gasteiger partial charge on any atom is -0.481 e. The molecule has 0 saturated carbocycles. The van der Waals surface area contributed by atoms with Crippen LogP contribution in [0.25, 0.3) is 0 Å². The summed E-state index contributed by atoms with van der Waals surface area (Å²) < 4.78 is 0. The standard InChI is InChI=1S/C18H35NO2/c1-9-15(2,3)11-10-12-18(8,19)17(6,7)13-16(4,5)14(20)21/h10,12H,9,11,13,19H2,1-8H3,(H,20,21). The Bertz CT molecular complexity index is 390. The monoisotopic (exact) mass is 297 g/mol. The van der Waals surface area contributed by atoms with E-state index in [0.29, 0.717) is 6.42 Å². The van der Waals surface area contributed by atoms with Crippen molar-refractivity contribution in [3.05, 3.63) is 12.2 Å². The van der Waals surface area contributed by atoms with Gasteiger partial charge in [0.05, 0.1) is 5.41 Å². The zero-order valence-corrected chi connectivity index (χ0v) is 15.2. The second-order valence-electron chi connectivity index (χ2n) is 8.66. The molecule has 0 bridgehead atoms. The van der Waals surface area contributed by atoms with Gasteiger partial charge in [-0.3, -0.25) is 4.79 Å². The van der Waals surface area contributed by atoms with Gasteiger partial charge < -0.3 is 10.8 Å². The minimum atomic E-state index is -0.777. The van der Waals surface area contributed by atoms with E-state index in [9.17, 15) is 9.90 Å². The maximum absolute atomic E-state index is 11.4. The Labute approximate surface area is 131 Å². The molecule has 3 heteroatoms. The molecule has 0 radical (unpaired) electrons. The average molecular weight is 297 g/mol. The molecule has 0 fully saturated rings. The molecule has 0 aromatic carbocycles. The zero-order valence-electron chi connectivity index (χ0n) is 15.2. The van der Waals surface area contributed by atoms with Crippen LogP contribution in [-0.4, -0.2) is 16.6 Å². The number of carboxylic acid groups (broad SMARTS) is 1. The molecular formula is C18H35NO2. The van der Waals surface area contributed by atoms with Crippen molar-refractivity contribution in [2.45, 2.75) is 80.2 Å². The quantitative estimate of drug-likeness (QED) is 0.643. The van der Waals surface area contributed by atoms with Crippen molar-refractivity contribution >= 4 is 5.97 Å². The smallest absolute Gasteiger partial charge is 0.309 e. The van der Waals surface area contributed by atoms with Crippen LogP contribution >= 0.6 is 0 Å². The normalized spacial score (nSPS) is 17.0. The highest BCUT2D eigenvalue weighted by atomic mass is 16.4. The SMILES string of the molecule is CCC(C)(C)CC=CC(C)(N)C(C)(C)CC(C)(C)C(=O)O. The number of aliphatic carboxylic acids is 1. The van der Waals surface area contributed by atoms with Crippen LogP contribution in [0.15, 0.2) is 12.2 Å². The Morgan fingerprint density at radius 1 is 1.10 bits per heavy atom. The molecule has 21 heavy (non-hydrogen) atoms. The molecule has 0 aromatic heterocycles. The summed E-state index contributed by atoms with van der Waals surface area (Å²) in [5.74, 6) is -0.775. The van der Waals surface area contributed by atoms with Crippen LogP contribution in [0.4, 0.5) is 0 Å². The Kier molecular flexibility index (Phi) is 6.26. The van der Waals surface area contributed by atoms with E-state index in [2.05, 4.69) is 32.9 Å². The Hall–Kier alpha value is -0.830. The molecule has 0 aliphatic carbocycles. The third-order valence-electron chi connectivity index (χ3n) is 5.01. The molecule has 0 spiro atoms. The topological polar surface area (TPSA) is 63.3 Å². The molecule has 0 aromatic rings. The lowest BCUT2D eigenvalue weighted by atomic mass is 9.65. The molecule has 1 atom stereocenters. The van der Waals surface area contributed by atoms with Crippen molar-refractivity contribution in [3.8, 4) is 0 Å². The van der Waals surface area contributed by atoms with Crippen molar-refractivity contribution in [1.82, 2.24) is 0 Å². The summed E-state index contributed by atoms with van der Waals surface area (Å²) in [6.45, 7) is 16.3. The van der Waals surface area contributed by atoms with Crippen molar-refractivity contribution in [2.24, 2.45) is 22.0 Å². The van der Waals surface area contributed by atoms with Crippen LogP contribution in [0.3, 0.4) is 0 Å². The summed E-state index contributed by atoms with van der Waals surface area (Å²) in [6, 6.07) is 0. The van der Waals surface area contributed by atoms with Gasteiger partial charge in [-0.2, -0.15) is 0 Å². The summed E-state index contributed by atoms with van der Waals surface area (Å²) in [5, 5.41) is 9.33. The van der Waals surface area contributed by atoms with Gasteiger partial charge in [0.25, 0.3) is 0 Å². The number of rotatable bonds is 8. The number of hydrogen-bond acceptors (Lipinski definition) is 2. The number of allylic oxidation sites excluding steroid dienone is 1. The van der Waals surface area contributed by atoms with Crippen molar-refractivity contribution in [2.75, 3.05) is 0 Å². The first kappa shape index (κ1) is 20.2. The van der Waals surface area contributed by atoms with E-state index in [1.807, 2.05) is 20.8 Å². The highest BCUT2D eigenvalue weighted by Crippen LogP contribution is 2.41. The summed E-state index contributed by atoms with van der Waals surface area (Å²) >= 11 is 0. The van der Waals surface area contributed by atoms with E-state index in [1.165, 1.54) is 0 Å². The molecule has 0 rings (SSSR count). The highest BCUT2D eigenvalue weighted by molar-refractivity contribution is 5.73. The van der Waals surface area contributed by atoms with Crippen molar-refractivity contribution < 1.29 is 9.90 Å². The molecule has 0 amide bonds. The van der Waals surface area contributed by atoms with Crippen molar-refractivity contribution in [3.63, 3.8) is 0 Å². The van der Waals surface area contributed by atoms with Gasteiger partial charge in [-0.25, -0.2) is 0 Å². The van der Waals surface area contributed by atoms with E-state index in [4.69, 9.17) is 5.73 Å². The first-order chi connectivity index (χ1) is 9.17. The Balaban J connectivity index is 5.04. The van der Waals surface area contributed by atoms with E-state index in [-0.39, 0.29) is 10.8 Å². The van der Waals surface area contributed by atoms with Crippen LogP contribution in [0, 0.1) is 16.2 Å². The molecule has 3 nitrogen and oxygen atoms in total. The molecule has 124 valence electrons. The van der Waals surface area contributed by atoms with E-state index >= 15 is 0 Å². The number of hydrogen-bond donors (Lipinski definition) is 2. The maximum atomic E-state index is 11.4. The Morgan fingerprint density at radius 2 is 1.57 bits per heavy atom. The molecule has 1 unspecified atom stereocenters. The summed E-state index contributed by atoms with van der Waals surface area (Å²) in [4.78, 5) is 11.4. The molecule has 3 N–H and O–H groups in total. The largest absolute Gasteiger partial charge is 0.481 e. The van der Waals surface area contributed by atoms with Gasteiger partial charge in [0.1, 0.15) is 0 Å². The molecular weight excluding hydrogens is 262 g/mol. The predicted molar refractivity (Wildman–Crippen MR) is 90.2 cm³/mol. The van der Waals surface area contributed by atoms with Crippen LogP contribution in [0.1, 0.15) is 74.7 Å². The summed E-state index contributed by atoms with van der Waals surface area (Å²) in [5.41, 5.74) is 5.15. The lowest BCUT2D eigenvalue weighted by molar-refractivity contribution is -0.149. The second-order valence-corrected chi connectivity index (χ2v) is 8.66. The van der Waals surface area contributed by atoms with E-state index in [0.717, 1.165) is 12.8 Å². The van der Waals surface area contributed by atoms with Gasteiger partial charge in [0, 0.05) is 5.54 Å². The lowest BCUT2D eigenvalue weighted by Gasteiger charge is -2.43. The Morgan fingerprint density at radius 3 is 1.95 bits per heavy atom. The molecule has 0 heterocycles. The first-order valence-electron chi connectivity index (χ1n) is 7.87. The third kappa shape index (κ3) is 5.82. The second kappa shape index (κ2) is 6.51. The molecule has 0 saturated heterocycles. The van der Waals surface area contributed by atoms with Gasteiger partial charge >= 0.3 is 5.97 Å². The number of carbonyl (C=O) groups is 1. The fourth-order valence-corrected chi connectivity index (χ4v) is 2.36. The van der Waals surface area contributed by atoms with Crippen LogP contribution < -0.4 is 5.73 Å². The van der Waals surface area contributed by atoms with Crippen LogP contribution in [-0.2, 0) is 4.79 Å². The lowest BCUT2D eigenvalue weighted by Crippen LogP contribution is -2.51. The van der Waals surface area contributed by atoms with Gasteiger partial charge in [0.2, 0.25) is 0 Å². The van der Waals surface area contributed by atoms with E-state index < -0.39 is 16.9 Å². The van der Waals surface area contributed by atoms with Gasteiger partial charge in [-0.1, -0.05) is 53.2 Å².